The monoisotopic (exact) mass is 465 g/mol. The van der Waals surface area contributed by atoms with Crippen LogP contribution in [-0.2, 0) is 0 Å². The second kappa shape index (κ2) is 9.27. The number of likely N-dealkylation sites (tertiary alicyclic amines) is 1. The fourth-order valence-corrected chi connectivity index (χ4v) is 5.77. The first kappa shape index (κ1) is 22.0. The number of benzene rings is 4. The van der Waals surface area contributed by atoms with E-state index in [2.05, 4.69) is 77.7 Å². The summed E-state index contributed by atoms with van der Waals surface area (Å²) in [7, 11) is 3.39. The molecule has 1 unspecified atom stereocenters. The number of nitrogens with zero attached hydrogens (tertiary/aromatic N) is 1. The molecule has 1 fully saturated rings. The fraction of sp³-hybridized carbons (Fsp3) is 0.290. The van der Waals surface area contributed by atoms with Gasteiger partial charge in [0.05, 0.1) is 14.2 Å². The van der Waals surface area contributed by atoms with Crippen LogP contribution in [0.1, 0.15) is 35.4 Å². The minimum Gasteiger partial charge on any atom is -0.493 e. The molecule has 6 rings (SSSR count). The summed E-state index contributed by atoms with van der Waals surface area (Å²) in [6.07, 6.45) is 2.62. The van der Waals surface area contributed by atoms with Gasteiger partial charge in [0.1, 0.15) is 12.4 Å². The maximum absolute atomic E-state index is 6.08. The summed E-state index contributed by atoms with van der Waals surface area (Å²) >= 11 is 0. The Labute approximate surface area is 207 Å². The van der Waals surface area contributed by atoms with Gasteiger partial charge in [0, 0.05) is 12.5 Å². The van der Waals surface area contributed by atoms with Gasteiger partial charge in [0.15, 0.2) is 11.5 Å². The lowest BCUT2D eigenvalue weighted by molar-refractivity contribution is 0.238. The van der Waals surface area contributed by atoms with Gasteiger partial charge in [0.2, 0.25) is 0 Å². The maximum Gasteiger partial charge on any atom is 0.161 e. The highest BCUT2D eigenvalue weighted by Crippen LogP contribution is 2.53. The van der Waals surface area contributed by atoms with E-state index in [1.54, 1.807) is 14.2 Å². The Kier molecular flexibility index (Phi) is 5.83. The maximum atomic E-state index is 6.08. The topological polar surface area (TPSA) is 30.9 Å². The summed E-state index contributed by atoms with van der Waals surface area (Å²) in [5.74, 6) is 2.56. The Balaban J connectivity index is 1.39. The molecule has 2 aliphatic rings. The highest BCUT2D eigenvalue weighted by Gasteiger charge is 2.33. The number of hydrogen-bond acceptors (Lipinski definition) is 4. The van der Waals surface area contributed by atoms with Crippen molar-refractivity contribution in [1.82, 2.24) is 4.90 Å². The van der Waals surface area contributed by atoms with E-state index < -0.39 is 0 Å². The summed E-state index contributed by atoms with van der Waals surface area (Å²) in [5.41, 5.74) is 6.31. The van der Waals surface area contributed by atoms with Crippen LogP contribution < -0.4 is 14.2 Å². The van der Waals surface area contributed by atoms with Crippen LogP contribution in [0.25, 0.3) is 21.9 Å². The number of rotatable bonds is 7. The average molecular weight is 466 g/mol. The van der Waals surface area contributed by atoms with E-state index >= 15 is 0 Å². The highest BCUT2D eigenvalue weighted by molar-refractivity contribution is 5.97. The third-order valence-corrected chi connectivity index (χ3v) is 7.50. The molecule has 1 atom stereocenters. The van der Waals surface area contributed by atoms with Crippen LogP contribution in [0.2, 0.25) is 0 Å². The molecule has 4 aromatic rings. The first-order valence-electron chi connectivity index (χ1n) is 12.5. The quantitative estimate of drug-likeness (QED) is 0.275. The van der Waals surface area contributed by atoms with Gasteiger partial charge in [0.25, 0.3) is 0 Å². The van der Waals surface area contributed by atoms with Crippen LogP contribution >= 0.6 is 0 Å². The zero-order chi connectivity index (χ0) is 23.8. The Morgan fingerprint density at radius 3 is 2.31 bits per heavy atom. The average Bonchev–Trinajstić information content (AvgIpc) is 3.54. The number of fused-ring (bicyclic) bond motifs is 5. The van der Waals surface area contributed by atoms with E-state index in [0.717, 1.165) is 30.4 Å². The minimum atomic E-state index is 0.115. The first-order chi connectivity index (χ1) is 17.3. The van der Waals surface area contributed by atoms with Crippen molar-refractivity contribution in [3.05, 3.63) is 89.5 Å². The molecule has 4 aromatic carbocycles. The predicted octanol–water partition coefficient (Wildman–Crippen LogP) is 6.49. The first-order valence-corrected chi connectivity index (χ1v) is 12.5. The third-order valence-electron chi connectivity index (χ3n) is 7.50. The van der Waals surface area contributed by atoms with Gasteiger partial charge in [-0.05, 0) is 88.8 Å². The predicted molar refractivity (Wildman–Crippen MR) is 141 cm³/mol. The summed E-state index contributed by atoms with van der Waals surface area (Å²) < 4.78 is 17.4. The molecule has 1 saturated heterocycles. The lowest BCUT2D eigenvalue weighted by Gasteiger charge is -2.18. The molecule has 0 aromatic heterocycles. The van der Waals surface area contributed by atoms with Gasteiger partial charge >= 0.3 is 0 Å². The van der Waals surface area contributed by atoms with E-state index in [9.17, 15) is 0 Å². The Morgan fingerprint density at radius 2 is 1.54 bits per heavy atom. The molecule has 0 N–H and O–H groups in total. The lowest BCUT2D eigenvalue weighted by atomic mass is 9.86. The Morgan fingerprint density at radius 1 is 0.800 bits per heavy atom. The van der Waals surface area contributed by atoms with Gasteiger partial charge in [-0.3, -0.25) is 4.90 Å². The molecular weight excluding hydrogens is 434 g/mol. The van der Waals surface area contributed by atoms with Gasteiger partial charge in [-0.1, -0.05) is 48.5 Å². The molecule has 0 radical (unpaired) electrons. The van der Waals surface area contributed by atoms with E-state index in [4.69, 9.17) is 14.2 Å². The van der Waals surface area contributed by atoms with Crippen molar-refractivity contribution in [2.24, 2.45) is 0 Å². The normalized spacial score (nSPS) is 16.8. The van der Waals surface area contributed by atoms with Crippen molar-refractivity contribution in [1.29, 1.82) is 0 Å². The van der Waals surface area contributed by atoms with Crippen molar-refractivity contribution in [2.75, 3.05) is 40.5 Å². The number of methoxy groups -OCH3 is 2. The van der Waals surface area contributed by atoms with Gasteiger partial charge in [-0.2, -0.15) is 0 Å². The van der Waals surface area contributed by atoms with Gasteiger partial charge in [-0.25, -0.2) is 0 Å². The molecule has 0 amide bonds. The summed E-state index contributed by atoms with van der Waals surface area (Å²) in [6.45, 7) is 4.13. The van der Waals surface area contributed by atoms with Crippen molar-refractivity contribution < 1.29 is 14.2 Å². The summed E-state index contributed by atoms with van der Waals surface area (Å²) in [5, 5.41) is 2.54. The molecule has 178 valence electrons. The number of hydrogen-bond donors (Lipinski definition) is 0. The van der Waals surface area contributed by atoms with E-state index in [1.165, 1.54) is 64.5 Å². The molecular formula is C31H31NO3. The van der Waals surface area contributed by atoms with E-state index in [0.29, 0.717) is 0 Å². The summed E-state index contributed by atoms with van der Waals surface area (Å²) in [6, 6.07) is 26.0. The molecule has 1 aliphatic carbocycles. The molecule has 4 heteroatoms. The molecule has 0 saturated carbocycles. The summed E-state index contributed by atoms with van der Waals surface area (Å²) in [4.78, 5) is 2.48. The smallest absolute Gasteiger partial charge is 0.161 e. The third kappa shape index (κ3) is 3.92. The van der Waals surface area contributed by atoms with E-state index in [-0.39, 0.29) is 5.92 Å². The zero-order valence-electron chi connectivity index (χ0n) is 20.4. The standard InChI is InChI=1S/C31H31NO3/c1-33-28-19-26-25-14-11-21-7-3-4-8-24(21)31(25)30(27(26)20-29(28)34-2)22-9-12-23(13-10-22)35-18-17-32-15-5-6-16-32/h3-4,7-14,19-20,30H,5-6,15-18H2,1-2H3. The van der Waals surface area contributed by atoms with Crippen LogP contribution in [0, 0.1) is 0 Å². The molecule has 1 aliphatic heterocycles. The SMILES string of the molecule is COc1cc2c(cc1OC)C(c1ccc(OCCN3CCCC3)cc1)c1c-2ccc2ccccc12. The van der Waals surface area contributed by atoms with Crippen molar-refractivity contribution in [2.45, 2.75) is 18.8 Å². The second-order valence-electron chi connectivity index (χ2n) is 9.44. The van der Waals surface area contributed by atoms with Crippen LogP contribution in [0.15, 0.2) is 72.8 Å². The van der Waals surface area contributed by atoms with Crippen molar-refractivity contribution in [3.8, 4) is 28.4 Å². The van der Waals surface area contributed by atoms with Gasteiger partial charge < -0.3 is 14.2 Å². The molecule has 4 nitrogen and oxygen atoms in total. The molecule has 0 bridgehead atoms. The van der Waals surface area contributed by atoms with Crippen molar-refractivity contribution >= 4 is 10.8 Å². The van der Waals surface area contributed by atoms with Crippen LogP contribution in [0.5, 0.6) is 17.2 Å². The molecule has 35 heavy (non-hydrogen) atoms. The Hall–Kier alpha value is -3.50. The van der Waals surface area contributed by atoms with Gasteiger partial charge in [-0.15, -0.1) is 0 Å². The lowest BCUT2D eigenvalue weighted by Crippen LogP contribution is -2.25. The van der Waals surface area contributed by atoms with Crippen LogP contribution in [0.3, 0.4) is 0 Å². The minimum absolute atomic E-state index is 0.115. The number of ether oxygens (including phenoxy) is 3. The van der Waals surface area contributed by atoms with E-state index in [1.807, 2.05) is 0 Å². The Bertz CT molecular complexity index is 1360. The van der Waals surface area contributed by atoms with Crippen molar-refractivity contribution in [3.63, 3.8) is 0 Å². The fourth-order valence-electron chi connectivity index (χ4n) is 5.77. The zero-order valence-corrected chi connectivity index (χ0v) is 20.4. The highest BCUT2D eigenvalue weighted by atomic mass is 16.5. The molecule has 1 heterocycles. The van der Waals surface area contributed by atoms with Crippen LogP contribution in [0.4, 0.5) is 0 Å². The molecule has 0 spiro atoms. The second-order valence-corrected chi connectivity index (χ2v) is 9.44. The van der Waals surface area contributed by atoms with Crippen LogP contribution in [-0.4, -0.2) is 45.4 Å². The largest absolute Gasteiger partial charge is 0.493 e.